The van der Waals surface area contributed by atoms with Gasteiger partial charge in [-0.25, -0.2) is 17.6 Å². The largest absolute Gasteiger partial charge is 0.444 e. The van der Waals surface area contributed by atoms with Gasteiger partial charge in [0, 0.05) is 5.25 Å². The summed E-state index contributed by atoms with van der Waals surface area (Å²) in [5.41, 5.74) is -0.540. The molecule has 0 aliphatic carbocycles. The van der Waals surface area contributed by atoms with E-state index in [2.05, 4.69) is 10.3 Å². The number of amidine groups is 1. The molecule has 29 heavy (non-hydrogen) atoms. The molecule has 0 radical (unpaired) electrons. The smallest absolute Gasteiger partial charge is 0.408 e. The van der Waals surface area contributed by atoms with E-state index in [1.807, 2.05) is 0 Å². The number of fused-ring (bicyclic) bond motifs is 1. The first kappa shape index (κ1) is 21.6. The van der Waals surface area contributed by atoms with E-state index in [0.717, 1.165) is 11.8 Å². The van der Waals surface area contributed by atoms with Gasteiger partial charge in [-0.15, -0.1) is 0 Å². The summed E-state index contributed by atoms with van der Waals surface area (Å²) in [5, 5.41) is 2.20. The number of nitrogens with one attached hydrogen (secondary N) is 1. The first-order valence-electron chi connectivity index (χ1n) is 8.94. The molecule has 1 N–H and O–H groups in total. The lowest BCUT2D eigenvalue weighted by Gasteiger charge is -2.24. The quantitative estimate of drug-likeness (QED) is 0.761. The number of anilines is 1. The minimum atomic E-state index is -3.25. The molecule has 158 valence electrons. The molecule has 2 atom stereocenters. The first-order valence-corrected chi connectivity index (χ1v) is 11.6. The monoisotopic (exact) mass is 443 g/mol. The Morgan fingerprint density at radius 3 is 2.66 bits per heavy atom. The normalized spacial score (nSPS) is 24.4. The summed E-state index contributed by atoms with van der Waals surface area (Å²) in [6.07, 6.45) is -0.751. The minimum Gasteiger partial charge on any atom is -0.444 e. The highest BCUT2D eigenvalue weighted by molar-refractivity contribution is 8.16. The second kappa shape index (κ2) is 7.94. The van der Waals surface area contributed by atoms with Gasteiger partial charge in [-0.1, -0.05) is 23.9 Å². The fourth-order valence-electron chi connectivity index (χ4n) is 3.10. The van der Waals surface area contributed by atoms with E-state index >= 15 is 0 Å². The van der Waals surface area contributed by atoms with Gasteiger partial charge in [0.15, 0.2) is 15.0 Å². The van der Waals surface area contributed by atoms with Crippen molar-refractivity contribution in [2.24, 2.45) is 4.99 Å². The molecule has 2 aliphatic rings. The van der Waals surface area contributed by atoms with Crippen LogP contribution in [0.3, 0.4) is 0 Å². The van der Waals surface area contributed by atoms with Crippen LogP contribution in [0.15, 0.2) is 29.3 Å². The van der Waals surface area contributed by atoms with E-state index in [1.54, 1.807) is 26.8 Å². The van der Waals surface area contributed by atoms with Gasteiger partial charge < -0.3 is 15.0 Å². The highest BCUT2D eigenvalue weighted by Crippen LogP contribution is 2.41. The fraction of sp³-hybridized carbons (Fsp3) is 0.500. The number of para-hydroxylation sites is 1. The number of hydrogen-bond donors (Lipinski definition) is 1. The van der Waals surface area contributed by atoms with E-state index in [1.165, 1.54) is 23.1 Å². The Hall–Kier alpha value is -2.14. The highest BCUT2D eigenvalue weighted by Gasteiger charge is 2.49. The van der Waals surface area contributed by atoms with Crippen molar-refractivity contribution in [3.05, 3.63) is 30.1 Å². The van der Waals surface area contributed by atoms with Gasteiger partial charge in [0.2, 0.25) is 0 Å². The Morgan fingerprint density at radius 2 is 2.00 bits per heavy atom. The average Bonchev–Trinajstić information content (AvgIpc) is 3.03. The molecule has 2 aliphatic heterocycles. The van der Waals surface area contributed by atoms with Crippen LogP contribution < -0.4 is 10.2 Å². The van der Waals surface area contributed by atoms with Crippen LogP contribution >= 0.6 is 11.8 Å². The van der Waals surface area contributed by atoms with Crippen molar-refractivity contribution in [1.82, 2.24) is 5.32 Å². The zero-order chi connectivity index (χ0) is 21.4. The number of sulfone groups is 1. The Bertz CT molecular complexity index is 958. The number of hydrogen-bond acceptors (Lipinski definition) is 6. The number of halogens is 1. The van der Waals surface area contributed by atoms with Crippen molar-refractivity contribution >= 4 is 44.5 Å². The maximum Gasteiger partial charge on any atom is 0.408 e. The summed E-state index contributed by atoms with van der Waals surface area (Å²) >= 11 is 1.13. The summed E-state index contributed by atoms with van der Waals surface area (Å²) in [6.45, 7) is 4.70. The standard InChI is InChI=1S/C18H22FN3O5S2/c1-18(2,3)27-17(24)20-8-15(23)21-16-22(12-7-5-4-6-11(12)19)13-9-29(25,26)10-14(13)28-16/h4-7,13-14H,8-10H2,1-3H3,(H,20,24)/t13-,14-/m1/s1. The second-order valence-electron chi connectivity index (χ2n) is 7.77. The zero-order valence-corrected chi connectivity index (χ0v) is 17.8. The molecule has 11 heteroatoms. The average molecular weight is 444 g/mol. The minimum absolute atomic E-state index is 0.0589. The third kappa shape index (κ3) is 5.27. The molecule has 0 spiro atoms. The third-order valence-corrected chi connectivity index (χ3v) is 7.39. The van der Waals surface area contributed by atoms with Crippen molar-refractivity contribution in [2.75, 3.05) is 23.0 Å². The molecular weight excluding hydrogens is 421 g/mol. The van der Waals surface area contributed by atoms with Gasteiger partial charge in [0.05, 0.1) is 23.2 Å². The van der Waals surface area contributed by atoms with E-state index < -0.39 is 45.8 Å². The topological polar surface area (TPSA) is 105 Å². The molecule has 0 bridgehead atoms. The molecule has 0 aromatic heterocycles. The number of nitrogens with zero attached hydrogens (tertiary/aromatic N) is 2. The molecular formula is C18H22FN3O5S2. The summed E-state index contributed by atoms with van der Waals surface area (Å²) in [6, 6.07) is 5.43. The van der Waals surface area contributed by atoms with Gasteiger partial charge in [-0.2, -0.15) is 4.99 Å². The van der Waals surface area contributed by atoms with Crippen LogP contribution in [0.5, 0.6) is 0 Å². The number of rotatable bonds is 3. The molecule has 0 unspecified atom stereocenters. The number of alkyl carbamates (subject to hydrolysis) is 1. The lowest BCUT2D eigenvalue weighted by molar-refractivity contribution is -0.117. The number of aliphatic imine (C=N–C) groups is 1. The van der Waals surface area contributed by atoms with Gasteiger partial charge in [-0.3, -0.25) is 4.79 Å². The van der Waals surface area contributed by atoms with Gasteiger partial charge in [0.25, 0.3) is 5.91 Å². The number of thioether (sulfide) groups is 1. The Balaban J connectivity index is 1.79. The van der Waals surface area contributed by atoms with Gasteiger partial charge >= 0.3 is 6.09 Å². The van der Waals surface area contributed by atoms with Gasteiger partial charge in [0.1, 0.15) is 18.0 Å². The summed E-state index contributed by atoms with van der Waals surface area (Å²) in [5.74, 6) is -1.38. The van der Waals surface area contributed by atoms with Crippen LogP contribution in [-0.4, -0.2) is 60.5 Å². The van der Waals surface area contributed by atoms with Gasteiger partial charge in [-0.05, 0) is 32.9 Å². The maximum absolute atomic E-state index is 14.4. The molecule has 2 heterocycles. The Kier molecular flexibility index (Phi) is 5.91. The fourth-order valence-corrected chi connectivity index (χ4v) is 7.03. The molecule has 1 aromatic carbocycles. The van der Waals surface area contributed by atoms with Crippen molar-refractivity contribution in [3.63, 3.8) is 0 Å². The van der Waals surface area contributed by atoms with Crippen LogP contribution in [0.1, 0.15) is 20.8 Å². The number of carbonyl (C=O) groups excluding carboxylic acids is 2. The predicted octanol–water partition coefficient (Wildman–Crippen LogP) is 1.95. The van der Waals surface area contributed by atoms with E-state index in [0.29, 0.717) is 0 Å². The molecule has 2 amide bonds. The number of carbonyl (C=O) groups is 2. The second-order valence-corrected chi connectivity index (χ2v) is 11.1. The number of ether oxygens (including phenoxy) is 1. The van der Waals surface area contributed by atoms with E-state index in [4.69, 9.17) is 4.74 Å². The lowest BCUT2D eigenvalue weighted by Crippen LogP contribution is -2.39. The predicted molar refractivity (Wildman–Crippen MR) is 109 cm³/mol. The third-order valence-electron chi connectivity index (χ3n) is 4.18. The molecule has 2 saturated heterocycles. The number of amides is 2. The van der Waals surface area contributed by atoms with Crippen LogP contribution in [-0.2, 0) is 19.4 Å². The van der Waals surface area contributed by atoms with E-state index in [9.17, 15) is 22.4 Å². The molecule has 3 rings (SSSR count). The van der Waals surface area contributed by atoms with Crippen LogP contribution in [0.4, 0.5) is 14.9 Å². The summed E-state index contributed by atoms with van der Waals surface area (Å²) in [4.78, 5) is 29.4. The summed E-state index contributed by atoms with van der Waals surface area (Å²) < 4.78 is 43.5. The van der Waals surface area contributed by atoms with Crippen molar-refractivity contribution in [2.45, 2.75) is 37.7 Å². The summed E-state index contributed by atoms with van der Waals surface area (Å²) in [7, 11) is -3.25. The molecule has 0 saturated carbocycles. The Labute approximate surface area is 172 Å². The number of benzene rings is 1. The van der Waals surface area contributed by atoms with Crippen LogP contribution in [0, 0.1) is 5.82 Å². The molecule has 1 aromatic rings. The first-order chi connectivity index (χ1) is 13.5. The molecule has 8 nitrogen and oxygen atoms in total. The van der Waals surface area contributed by atoms with Crippen LogP contribution in [0.2, 0.25) is 0 Å². The maximum atomic E-state index is 14.4. The molecule has 2 fully saturated rings. The van der Waals surface area contributed by atoms with Crippen molar-refractivity contribution < 1.29 is 27.1 Å². The zero-order valence-electron chi connectivity index (χ0n) is 16.2. The highest BCUT2D eigenvalue weighted by atomic mass is 32.2. The SMILES string of the molecule is CC(C)(C)OC(=O)NCC(=O)N=C1S[C@@H]2CS(=O)(=O)C[C@H]2N1c1ccccc1F. The van der Waals surface area contributed by atoms with Crippen molar-refractivity contribution in [3.8, 4) is 0 Å². The van der Waals surface area contributed by atoms with Crippen LogP contribution in [0.25, 0.3) is 0 Å². The Morgan fingerprint density at radius 1 is 1.31 bits per heavy atom. The van der Waals surface area contributed by atoms with Crippen molar-refractivity contribution in [1.29, 1.82) is 0 Å². The lowest BCUT2D eigenvalue weighted by atomic mass is 10.2. The van der Waals surface area contributed by atoms with E-state index in [-0.39, 0.29) is 27.6 Å².